The molecule has 2 rings (SSSR count). The van der Waals surface area contributed by atoms with E-state index in [1.54, 1.807) is 4.31 Å². The van der Waals surface area contributed by atoms with Gasteiger partial charge in [-0.25, -0.2) is 8.42 Å². The van der Waals surface area contributed by atoms with Crippen LogP contribution >= 0.6 is 0 Å². The fourth-order valence-electron chi connectivity index (χ4n) is 2.49. The summed E-state index contributed by atoms with van der Waals surface area (Å²) in [5, 5.41) is 3.37. The summed E-state index contributed by atoms with van der Waals surface area (Å²) in [5.74, 6) is 0. The second kappa shape index (κ2) is 5.10. The van der Waals surface area contributed by atoms with Crippen LogP contribution < -0.4 is 5.32 Å². The summed E-state index contributed by atoms with van der Waals surface area (Å²) in [6.07, 6.45) is 4.87. The maximum absolute atomic E-state index is 12.4. The molecule has 1 unspecified atom stereocenters. The van der Waals surface area contributed by atoms with Crippen LogP contribution in [0, 0.1) is 0 Å². The third-order valence-electron chi connectivity index (χ3n) is 3.71. The molecule has 1 heterocycles. The van der Waals surface area contributed by atoms with Gasteiger partial charge in [-0.1, -0.05) is 6.42 Å². The highest BCUT2D eigenvalue weighted by Gasteiger charge is 2.43. The molecule has 2 fully saturated rings. The summed E-state index contributed by atoms with van der Waals surface area (Å²) in [6, 6.07) is 0.156. The van der Waals surface area contributed by atoms with Gasteiger partial charge < -0.3 is 5.32 Å². The number of hydrogen-bond donors (Lipinski definition) is 1. The molecule has 0 aromatic carbocycles. The smallest absolute Gasteiger partial charge is 0.217 e. The Labute approximate surface area is 111 Å². The van der Waals surface area contributed by atoms with Crippen LogP contribution in [0.2, 0.25) is 0 Å². The van der Waals surface area contributed by atoms with Gasteiger partial charge in [0.05, 0.1) is 5.25 Å². The van der Waals surface area contributed by atoms with E-state index < -0.39 is 10.0 Å². The zero-order chi connectivity index (χ0) is 13.4. The van der Waals surface area contributed by atoms with Gasteiger partial charge in [0.1, 0.15) is 0 Å². The highest BCUT2D eigenvalue weighted by Crippen LogP contribution is 2.34. The van der Waals surface area contributed by atoms with Crippen LogP contribution in [-0.2, 0) is 10.0 Å². The van der Waals surface area contributed by atoms with Crippen molar-refractivity contribution in [3.8, 4) is 0 Å². The minimum Gasteiger partial charge on any atom is -0.310 e. The molecule has 0 spiro atoms. The Kier molecular flexibility index (Phi) is 4.04. The number of hydrogen-bond acceptors (Lipinski definition) is 3. The predicted molar refractivity (Wildman–Crippen MR) is 74.0 cm³/mol. The average molecular weight is 274 g/mol. The van der Waals surface area contributed by atoms with Gasteiger partial charge in [0.2, 0.25) is 10.0 Å². The SMILES string of the molecule is CC(C)(C)NCC1CCCCN1S(=O)(=O)C1CC1. The lowest BCUT2D eigenvalue weighted by molar-refractivity contribution is 0.230. The fraction of sp³-hybridized carbons (Fsp3) is 1.00. The van der Waals surface area contributed by atoms with Crippen molar-refractivity contribution in [1.82, 2.24) is 9.62 Å². The quantitative estimate of drug-likeness (QED) is 0.849. The minimum absolute atomic E-state index is 0.0481. The van der Waals surface area contributed by atoms with E-state index in [0.717, 1.165) is 45.2 Å². The van der Waals surface area contributed by atoms with Crippen LogP contribution in [0.3, 0.4) is 0 Å². The third-order valence-corrected chi connectivity index (χ3v) is 6.16. The van der Waals surface area contributed by atoms with Gasteiger partial charge in [-0.05, 0) is 46.5 Å². The average Bonchev–Trinajstić information content (AvgIpc) is 3.09. The molecular weight excluding hydrogens is 248 g/mol. The van der Waals surface area contributed by atoms with E-state index in [4.69, 9.17) is 0 Å². The third kappa shape index (κ3) is 3.45. The first-order valence-corrected chi connectivity index (χ1v) is 8.57. The van der Waals surface area contributed by atoms with Crippen LogP contribution in [0.1, 0.15) is 52.9 Å². The maximum Gasteiger partial charge on any atom is 0.217 e. The Morgan fingerprint density at radius 3 is 2.39 bits per heavy atom. The molecule has 4 nitrogen and oxygen atoms in total. The maximum atomic E-state index is 12.4. The molecule has 106 valence electrons. The summed E-state index contributed by atoms with van der Waals surface area (Å²) < 4.78 is 26.5. The van der Waals surface area contributed by atoms with Crippen molar-refractivity contribution in [2.75, 3.05) is 13.1 Å². The fourth-order valence-corrected chi connectivity index (χ4v) is 4.59. The second-order valence-corrected chi connectivity index (χ2v) is 8.80. The van der Waals surface area contributed by atoms with Crippen LogP contribution in [-0.4, -0.2) is 42.6 Å². The van der Waals surface area contributed by atoms with Crippen LogP contribution in [0.5, 0.6) is 0 Å². The molecular formula is C13H26N2O2S. The predicted octanol–water partition coefficient (Wildman–Crippen LogP) is 1.72. The van der Waals surface area contributed by atoms with E-state index in [1.807, 2.05) is 0 Å². The van der Waals surface area contributed by atoms with Gasteiger partial charge in [-0.15, -0.1) is 0 Å². The lowest BCUT2D eigenvalue weighted by Gasteiger charge is -2.36. The number of nitrogens with zero attached hydrogens (tertiary/aromatic N) is 1. The summed E-state index contributed by atoms with van der Waals surface area (Å²) >= 11 is 0. The van der Waals surface area contributed by atoms with E-state index >= 15 is 0 Å². The second-order valence-electron chi connectivity index (χ2n) is 6.64. The molecule has 1 saturated heterocycles. The van der Waals surface area contributed by atoms with Gasteiger partial charge in [0, 0.05) is 24.7 Å². The van der Waals surface area contributed by atoms with Crippen molar-refractivity contribution in [2.45, 2.75) is 69.7 Å². The molecule has 0 radical (unpaired) electrons. The lowest BCUT2D eigenvalue weighted by Crippen LogP contribution is -2.52. The van der Waals surface area contributed by atoms with Gasteiger partial charge in [0.15, 0.2) is 0 Å². The Morgan fingerprint density at radius 2 is 1.83 bits per heavy atom. The molecule has 1 aliphatic heterocycles. The molecule has 0 bridgehead atoms. The Morgan fingerprint density at radius 1 is 1.17 bits per heavy atom. The molecule has 0 amide bonds. The molecule has 1 atom stereocenters. The van der Waals surface area contributed by atoms with E-state index in [-0.39, 0.29) is 16.8 Å². The topological polar surface area (TPSA) is 49.4 Å². The number of piperidine rings is 1. The lowest BCUT2D eigenvalue weighted by atomic mass is 10.0. The van der Waals surface area contributed by atoms with Crippen LogP contribution in [0.25, 0.3) is 0 Å². The normalized spacial score (nSPS) is 27.4. The first-order chi connectivity index (χ1) is 8.31. The summed E-state index contributed by atoms with van der Waals surface area (Å²) in [6.45, 7) is 7.85. The Bertz CT molecular complexity index is 382. The standard InChI is InChI=1S/C13H26N2O2S/c1-13(2,3)14-10-11-6-4-5-9-15(11)18(16,17)12-7-8-12/h11-12,14H,4-10H2,1-3H3. The van der Waals surface area contributed by atoms with Crippen LogP contribution in [0.4, 0.5) is 0 Å². The van der Waals surface area contributed by atoms with E-state index in [0.29, 0.717) is 0 Å². The van der Waals surface area contributed by atoms with Crippen molar-refractivity contribution in [3.05, 3.63) is 0 Å². The minimum atomic E-state index is -3.01. The number of sulfonamides is 1. The van der Waals surface area contributed by atoms with Crippen molar-refractivity contribution in [1.29, 1.82) is 0 Å². The van der Waals surface area contributed by atoms with Crippen molar-refractivity contribution in [2.24, 2.45) is 0 Å². The van der Waals surface area contributed by atoms with Gasteiger partial charge in [-0.3, -0.25) is 0 Å². The van der Waals surface area contributed by atoms with Crippen molar-refractivity contribution < 1.29 is 8.42 Å². The monoisotopic (exact) mass is 274 g/mol. The Balaban J connectivity index is 2.02. The van der Waals surface area contributed by atoms with Gasteiger partial charge in [-0.2, -0.15) is 4.31 Å². The highest BCUT2D eigenvalue weighted by atomic mass is 32.2. The molecule has 1 saturated carbocycles. The molecule has 0 aromatic rings. The first-order valence-electron chi connectivity index (χ1n) is 7.06. The number of rotatable bonds is 4. The van der Waals surface area contributed by atoms with E-state index in [9.17, 15) is 8.42 Å². The summed E-state index contributed by atoms with van der Waals surface area (Å²) in [4.78, 5) is 0. The van der Waals surface area contributed by atoms with Gasteiger partial charge in [0.25, 0.3) is 0 Å². The zero-order valence-corrected chi connectivity index (χ0v) is 12.6. The van der Waals surface area contributed by atoms with Crippen molar-refractivity contribution in [3.63, 3.8) is 0 Å². The molecule has 1 aliphatic carbocycles. The summed E-state index contributed by atoms with van der Waals surface area (Å²) in [5.41, 5.74) is 0.0481. The largest absolute Gasteiger partial charge is 0.310 e. The zero-order valence-electron chi connectivity index (χ0n) is 11.8. The van der Waals surface area contributed by atoms with Crippen LogP contribution in [0.15, 0.2) is 0 Å². The highest BCUT2D eigenvalue weighted by molar-refractivity contribution is 7.90. The molecule has 18 heavy (non-hydrogen) atoms. The van der Waals surface area contributed by atoms with E-state index in [2.05, 4.69) is 26.1 Å². The van der Waals surface area contributed by atoms with E-state index in [1.165, 1.54) is 0 Å². The molecule has 2 aliphatic rings. The molecule has 0 aromatic heterocycles. The van der Waals surface area contributed by atoms with Gasteiger partial charge >= 0.3 is 0 Å². The molecule has 1 N–H and O–H groups in total. The first kappa shape index (κ1) is 14.3. The number of nitrogens with one attached hydrogen (secondary N) is 1. The van der Waals surface area contributed by atoms with Crippen molar-refractivity contribution >= 4 is 10.0 Å². The summed E-state index contributed by atoms with van der Waals surface area (Å²) in [7, 11) is -3.01. The molecule has 5 heteroatoms. The Hall–Kier alpha value is -0.130.